The molecule has 1 aliphatic carbocycles. The van der Waals surface area contributed by atoms with Crippen molar-refractivity contribution in [1.29, 1.82) is 0 Å². The van der Waals surface area contributed by atoms with Gasteiger partial charge in [0, 0.05) is 31.2 Å². The van der Waals surface area contributed by atoms with Crippen LogP contribution in [0.15, 0.2) is 24.3 Å². The third-order valence-electron chi connectivity index (χ3n) is 5.86. The minimum atomic E-state index is -0.411. The predicted molar refractivity (Wildman–Crippen MR) is 95.7 cm³/mol. The molecule has 2 aliphatic heterocycles. The van der Waals surface area contributed by atoms with Crippen molar-refractivity contribution >= 4 is 17.5 Å². The Balaban J connectivity index is 1.43. The highest BCUT2D eigenvalue weighted by molar-refractivity contribution is 6.30. The summed E-state index contributed by atoms with van der Waals surface area (Å²) < 4.78 is 5.39. The first-order valence-electron chi connectivity index (χ1n) is 9.15. The minimum Gasteiger partial charge on any atom is -0.389 e. The molecular weight excluding hydrogens is 340 g/mol. The molecule has 25 heavy (non-hydrogen) atoms. The molecular formula is C19H25ClN2O3. The zero-order valence-electron chi connectivity index (χ0n) is 14.4. The molecule has 5 nitrogen and oxygen atoms in total. The lowest BCUT2D eigenvalue weighted by Crippen LogP contribution is -2.46. The summed E-state index contributed by atoms with van der Waals surface area (Å²) in [6, 6.07) is 7.79. The van der Waals surface area contributed by atoms with Crippen molar-refractivity contribution in [2.75, 3.05) is 39.4 Å². The molecule has 6 heteroatoms. The first-order valence-corrected chi connectivity index (χ1v) is 9.53. The SMILES string of the molecule is O=C(N1CCCN([C@H]2COC[C@@H]2O)CC1)C1(c2ccc(Cl)cc2)CC1. The number of hydrogen-bond donors (Lipinski definition) is 1. The molecule has 0 bridgehead atoms. The third kappa shape index (κ3) is 3.31. The fourth-order valence-electron chi connectivity index (χ4n) is 4.18. The summed E-state index contributed by atoms with van der Waals surface area (Å²) in [5.74, 6) is 0.250. The maximum Gasteiger partial charge on any atom is 0.233 e. The Morgan fingerprint density at radius 1 is 1.12 bits per heavy atom. The quantitative estimate of drug-likeness (QED) is 0.886. The van der Waals surface area contributed by atoms with E-state index in [4.69, 9.17) is 16.3 Å². The predicted octanol–water partition coefficient (Wildman–Crippen LogP) is 1.67. The van der Waals surface area contributed by atoms with Gasteiger partial charge < -0.3 is 14.7 Å². The van der Waals surface area contributed by atoms with Crippen LogP contribution in [0.3, 0.4) is 0 Å². The number of benzene rings is 1. The Bertz CT molecular complexity index is 632. The lowest BCUT2D eigenvalue weighted by atomic mass is 9.94. The van der Waals surface area contributed by atoms with Crippen molar-refractivity contribution in [2.45, 2.75) is 36.8 Å². The van der Waals surface area contributed by atoms with Gasteiger partial charge >= 0.3 is 0 Å². The second-order valence-corrected chi connectivity index (χ2v) is 7.88. The van der Waals surface area contributed by atoms with Crippen LogP contribution in [0.5, 0.6) is 0 Å². The standard InChI is InChI=1S/C19H25ClN2O3/c20-15-4-2-14(3-5-15)19(6-7-19)18(24)22-9-1-8-21(10-11-22)16-12-25-13-17(16)23/h2-5,16-17,23H,1,6-13H2/t16-,17-/m0/s1. The van der Waals surface area contributed by atoms with E-state index in [9.17, 15) is 9.90 Å². The molecule has 0 radical (unpaired) electrons. The van der Waals surface area contributed by atoms with Crippen LogP contribution in [0.4, 0.5) is 0 Å². The van der Waals surface area contributed by atoms with E-state index in [1.165, 1.54) is 0 Å². The van der Waals surface area contributed by atoms with E-state index in [2.05, 4.69) is 4.90 Å². The van der Waals surface area contributed by atoms with Crippen molar-refractivity contribution in [3.63, 3.8) is 0 Å². The zero-order valence-corrected chi connectivity index (χ0v) is 15.1. The molecule has 1 N–H and O–H groups in total. The van der Waals surface area contributed by atoms with Gasteiger partial charge in [-0.3, -0.25) is 9.69 Å². The van der Waals surface area contributed by atoms with Gasteiger partial charge in [0.25, 0.3) is 0 Å². The van der Waals surface area contributed by atoms with Crippen molar-refractivity contribution in [3.05, 3.63) is 34.9 Å². The van der Waals surface area contributed by atoms with Crippen LogP contribution in [0.2, 0.25) is 5.02 Å². The first-order chi connectivity index (χ1) is 12.1. The van der Waals surface area contributed by atoms with E-state index in [1.807, 2.05) is 29.2 Å². The van der Waals surface area contributed by atoms with E-state index in [-0.39, 0.29) is 17.4 Å². The molecule has 0 aromatic heterocycles. The number of carbonyl (C=O) groups is 1. The molecule has 2 heterocycles. The van der Waals surface area contributed by atoms with Gasteiger partial charge in [-0.2, -0.15) is 0 Å². The number of ether oxygens (including phenoxy) is 1. The van der Waals surface area contributed by atoms with E-state index in [1.54, 1.807) is 0 Å². The van der Waals surface area contributed by atoms with Gasteiger partial charge in [-0.1, -0.05) is 23.7 Å². The molecule has 1 amide bonds. The van der Waals surface area contributed by atoms with Crippen LogP contribution >= 0.6 is 11.6 Å². The van der Waals surface area contributed by atoms with Crippen molar-refractivity contribution in [1.82, 2.24) is 9.80 Å². The molecule has 1 aromatic carbocycles. The van der Waals surface area contributed by atoms with Crippen LogP contribution in [0.25, 0.3) is 0 Å². The van der Waals surface area contributed by atoms with Gasteiger partial charge in [-0.15, -0.1) is 0 Å². The highest BCUT2D eigenvalue weighted by atomic mass is 35.5. The van der Waals surface area contributed by atoms with Gasteiger partial charge in [0.1, 0.15) is 0 Å². The zero-order chi connectivity index (χ0) is 17.4. The average molecular weight is 365 g/mol. The molecule has 1 aromatic rings. The summed E-state index contributed by atoms with van der Waals surface area (Å²) in [5, 5.41) is 10.8. The molecule has 3 aliphatic rings. The van der Waals surface area contributed by atoms with Crippen LogP contribution in [0, 0.1) is 0 Å². The molecule has 4 rings (SSSR count). The van der Waals surface area contributed by atoms with Gasteiger partial charge in [-0.25, -0.2) is 0 Å². The van der Waals surface area contributed by atoms with E-state index in [0.717, 1.165) is 51.0 Å². The first kappa shape index (κ1) is 17.3. The lowest BCUT2D eigenvalue weighted by molar-refractivity contribution is -0.133. The molecule has 1 saturated carbocycles. The highest BCUT2D eigenvalue weighted by Crippen LogP contribution is 2.49. The summed E-state index contributed by atoms with van der Waals surface area (Å²) in [4.78, 5) is 17.5. The highest BCUT2D eigenvalue weighted by Gasteiger charge is 2.53. The number of aliphatic hydroxyl groups excluding tert-OH is 1. The summed E-state index contributed by atoms with van der Waals surface area (Å²) >= 11 is 5.99. The van der Waals surface area contributed by atoms with E-state index in [0.29, 0.717) is 18.2 Å². The van der Waals surface area contributed by atoms with Crippen LogP contribution in [-0.4, -0.2) is 72.4 Å². The largest absolute Gasteiger partial charge is 0.389 e. The number of carbonyl (C=O) groups excluding carboxylic acids is 1. The summed E-state index contributed by atoms with van der Waals surface area (Å²) in [6.45, 7) is 4.22. The summed E-state index contributed by atoms with van der Waals surface area (Å²) in [6.07, 6.45) is 2.36. The Morgan fingerprint density at radius 3 is 2.52 bits per heavy atom. The Hall–Kier alpha value is -1.14. The fourth-order valence-corrected chi connectivity index (χ4v) is 4.30. The van der Waals surface area contributed by atoms with E-state index < -0.39 is 6.10 Å². The molecule has 0 unspecified atom stereocenters. The lowest BCUT2D eigenvalue weighted by Gasteiger charge is -2.29. The normalized spacial score (nSPS) is 29.4. The monoisotopic (exact) mass is 364 g/mol. The van der Waals surface area contributed by atoms with Crippen molar-refractivity contribution in [2.24, 2.45) is 0 Å². The molecule has 136 valence electrons. The molecule has 2 saturated heterocycles. The Labute approximate surface area is 153 Å². The van der Waals surface area contributed by atoms with Gasteiger partial charge in [-0.05, 0) is 37.0 Å². The number of hydrogen-bond acceptors (Lipinski definition) is 4. The van der Waals surface area contributed by atoms with E-state index >= 15 is 0 Å². The summed E-state index contributed by atoms with van der Waals surface area (Å²) in [7, 11) is 0. The third-order valence-corrected chi connectivity index (χ3v) is 6.12. The maximum atomic E-state index is 13.2. The van der Waals surface area contributed by atoms with Crippen LogP contribution in [-0.2, 0) is 14.9 Å². The van der Waals surface area contributed by atoms with Crippen molar-refractivity contribution < 1.29 is 14.6 Å². The second-order valence-electron chi connectivity index (χ2n) is 7.44. The maximum absolute atomic E-state index is 13.2. The number of halogens is 1. The molecule has 0 spiro atoms. The topological polar surface area (TPSA) is 53.0 Å². The second kappa shape index (κ2) is 6.88. The van der Waals surface area contributed by atoms with Gasteiger partial charge in [0.2, 0.25) is 5.91 Å². The van der Waals surface area contributed by atoms with Crippen LogP contribution in [0.1, 0.15) is 24.8 Å². The van der Waals surface area contributed by atoms with Crippen molar-refractivity contribution in [3.8, 4) is 0 Å². The number of aliphatic hydroxyl groups is 1. The van der Waals surface area contributed by atoms with Crippen LogP contribution < -0.4 is 0 Å². The number of amides is 1. The smallest absolute Gasteiger partial charge is 0.233 e. The summed E-state index contributed by atoms with van der Waals surface area (Å²) in [5.41, 5.74) is 0.748. The van der Waals surface area contributed by atoms with Gasteiger partial charge in [0.15, 0.2) is 0 Å². The fraction of sp³-hybridized carbons (Fsp3) is 0.632. The number of rotatable bonds is 3. The Kier molecular flexibility index (Phi) is 4.75. The molecule has 3 fully saturated rings. The molecule has 2 atom stereocenters. The average Bonchev–Trinajstić information content (AvgIpc) is 3.36. The minimum absolute atomic E-state index is 0.0706. The van der Waals surface area contributed by atoms with Gasteiger partial charge in [0.05, 0.1) is 30.8 Å². The Morgan fingerprint density at radius 2 is 1.88 bits per heavy atom. The number of nitrogens with zero attached hydrogens (tertiary/aromatic N) is 2.